The van der Waals surface area contributed by atoms with Crippen molar-refractivity contribution in [3.63, 3.8) is 0 Å². The number of ether oxygens (including phenoxy) is 1. The number of rotatable bonds is 3. The first-order valence-corrected chi connectivity index (χ1v) is 7.33. The first-order valence-electron chi connectivity index (χ1n) is 7.33. The molecule has 2 N–H and O–H groups in total. The molecule has 2 rings (SSSR count). The Bertz CT molecular complexity index is 381. The van der Waals surface area contributed by atoms with Crippen molar-refractivity contribution in [1.29, 1.82) is 0 Å². The van der Waals surface area contributed by atoms with Crippen LogP contribution in [0.2, 0.25) is 0 Å². The highest BCUT2D eigenvalue weighted by molar-refractivity contribution is 5.79. The van der Waals surface area contributed by atoms with Crippen molar-refractivity contribution in [2.24, 2.45) is 5.41 Å². The fourth-order valence-corrected chi connectivity index (χ4v) is 2.85. The molecule has 2 amide bonds. The number of aliphatic carboxylic acids is 1. The summed E-state index contributed by atoms with van der Waals surface area (Å²) in [4.78, 5) is 24.9. The van der Waals surface area contributed by atoms with E-state index in [0.717, 1.165) is 25.9 Å². The van der Waals surface area contributed by atoms with Gasteiger partial charge in [0.2, 0.25) is 0 Å². The smallest absolute Gasteiger partial charge is 0.317 e. The highest BCUT2D eigenvalue weighted by Gasteiger charge is 2.42. The summed E-state index contributed by atoms with van der Waals surface area (Å²) in [6.07, 6.45) is 3.76. The summed E-state index contributed by atoms with van der Waals surface area (Å²) in [6.45, 7) is 5.15. The van der Waals surface area contributed by atoms with Crippen LogP contribution in [-0.4, -0.2) is 53.8 Å². The van der Waals surface area contributed by atoms with Crippen molar-refractivity contribution in [2.45, 2.75) is 51.7 Å². The predicted octanol–water partition coefficient (Wildman–Crippen LogP) is 1.45. The quantitative estimate of drug-likeness (QED) is 0.822. The molecule has 0 bridgehead atoms. The second-order valence-corrected chi connectivity index (χ2v) is 6.18. The lowest BCUT2D eigenvalue weighted by Gasteiger charge is -2.30. The second-order valence-electron chi connectivity index (χ2n) is 6.18. The van der Waals surface area contributed by atoms with Gasteiger partial charge in [-0.05, 0) is 39.5 Å². The van der Waals surface area contributed by atoms with E-state index in [1.807, 2.05) is 6.92 Å². The Hall–Kier alpha value is -1.30. The van der Waals surface area contributed by atoms with Crippen molar-refractivity contribution in [3.05, 3.63) is 0 Å². The SMILES string of the molecule is CC(NC(=O)N1CCC(C)(C(=O)O)C1)C1CCCCO1. The van der Waals surface area contributed by atoms with E-state index in [2.05, 4.69) is 5.32 Å². The van der Waals surface area contributed by atoms with Gasteiger partial charge >= 0.3 is 12.0 Å². The summed E-state index contributed by atoms with van der Waals surface area (Å²) < 4.78 is 5.66. The van der Waals surface area contributed by atoms with E-state index in [9.17, 15) is 14.7 Å². The number of carbonyl (C=O) groups excluding carboxylic acids is 1. The Morgan fingerprint density at radius 1 is 1.45 bits per heavy atom. The van der Waals surface area contributed by atoms with Crippen LogP contribution in [0.5, 0.6) is 0 Å². The molecule has 0 radical (unpaired) electrons. The number of carboxylic acid groups (broad SMARTS) is 1. The first kappa shape index (κ1) is 15.1. The maximum absolute atomic E-state index is 12.2. The first-order chi connectivity index (χ1) is 9.42. The van der Waals surface area contributed by atoms with Crippen LogP contribution < -0.4 is 5.32 Å². The molecule has 0 aromatic heterocycles. The largest absolute Gasteiger partial charge is 0.481 e. The van der Waals surface area contributed by atoms with Gasteiger partial charge in [-0.15, -0.1) is 0 Å². The number of amides is 2. The number of urea groups is 1. The Morgan fingerprint density at radius 3 is 2.75 bits per heavy atom. The van der Waals surface area contributed by atoms with Gasteiger partial charge in [0.25, 0.3) is 0 Å². The van der Waals surface area contributed by atoms with Crippen LogP contribution in [0.15, 0.2) is 0 Å². The number of carbonyl (C=O) groups is 2. The van der Waals surface area contributed by atoms with Gasteiger partial charge in [-0.2, -0.15) is 0 Å². The minimum absolute atomic E-state index is 0.0421. The highest BCUT2D eigenvalue weighted by Crippen LogP contribution is 2.30. The van der Waals surface area contributed by atoms with E-state index in [1.54, 1.807) is 11.8 Å². The van der Waals surface area contributed by atoms with Crippen LogP contribution in [0.1, 0.15) is 39.5 Å². The summed E-state index contributed by atoms with van der Waals surface area (Å²) in [5, 5.41) is 12.1. The summed E-state index contributed by atoms with van der Waals surface area (Å²) in [5.41, 5.74) is -0.818. The van der Waals surface area contributed by atoms with Gasteiger partial charge in [0.15, 0.2) is 0 Å². The monoisotopic (exact) mass is 284 g/mol. The van der Waals surface area contributed by atoms with Crippen LogP contribution in [0.4, 0.5) is 4.79 Å². The lowest BCUT2D eigenvalue weighted by atomic mass is 9.90. The average molecular weight is 284 g/mol. The zero-order chi connectivity index (χ0) is 14.8. The molecule has 20 heavy (non-hydrogen) atoms. The standard InChI is InChI=1S/C14H24N2O4/c1-10(11-5-3-4-8-20-11)15-13(19)16-7-6-14(2,9-16)12(17)18/h10-11H,3-9H2,1-2H3,(H,15,19)(H,17,18). The minimum atomic E-state index is -0.837. The molecular formula is C14H24N2O4. The van der Waals surface area contributed by atoms with Gasteiger partial charge in [0.1, 0.15) is 0 Å². The molecule has 2 fully saturated rings. The molecule has 6 heteroatoms. The fourth-order valence-electron chi connectivity index (χ4n) is 2.85. The van der Waals surface area contributed by atoms with Crippen molar-refractivity contribution in [1.82, 2.24) is 10.2 Å². The summed E-state index contributed by atoms with van der Waals surface area (Å²) in [5.74, 6) is -0.837. The number of hydrogen-bond donors (Lipinski definition) is 2. The Kier molecular flexibility index (Phi) is 4.52. The molecule has 2 aliphatic heterocycles. The lowest BCUT2D eigenvalue weighted by molar-refractivity contribution is -0.147. The van der Waals surface area contributed by atoms with Gasteiger partial charge in [0, 0.05) is 19.7 Å². The van der Waals surface area contributed by atoms with E-state index in [4.69, 9.17) is 4.74 Å². The zero-order valence-electron chi connectivity index (χ0n) is 12.2. The number of nitrogens with one attached hydrogen (secondary N) is 1. The van der Waals surface area contributed by atoms with E-state index < -0.39 is 11.4 Å². The van der Waals surface area contributed by atoms with Crippen LogP contribution in [0.25, 0.3) is 0 Å². The van der Waals surface area contributed by atoms with Gasteiger partial charge in [-0.3, -0.25) is 4.79 Å². The van der Waals surface area contributed by atoms with Crippen molar-refractivity contribution in [3.8, 4) is 0 Å². The van der Waals surface area contributed by atoms with Crippen LogP contribution in [0.3, 0.4) is 0 Å². The molecule has 2 aliphatic rings. The molecule has 2 heterocycles. The topological polar surface area (TPSA) is 78.9 Å². The molecule has 0 saturated carbocycles. The molecule has 0 spiro atoms. The van der Waals surface area contributed by atoms with E-state index in [1.165, 1.54) is 0 Å². The third-order valence-electron chi connectivity index (χ3n) is 4.40. The minimum Gasteiger partial charge on any atom is -0.481 e. The van der Waals surface area contributed by atoms with Crippen molar-refractivity contribution >= 4 is 12.0 Å². The maximum atomic E-state index is 12.2. The third-order valence-corrected chi connectivity index (χ3v) is 4.40. The fraction of sp³-hybridized carbons (Fsp3) is 0.857. The number of nitrogens with zero attached hydrogens (tertiary/aromatic N) is 1. The molecule has 6 nitrogen and oxygen atoms in total. The summed E-state index contributed by atoms with van der Waals surface area (Å²) in [6, 6.07) is -0.226. The summed E-state index contributed by atoms with van der Waals surface area (Å²) in [7, 11) is 0. The normalized spacial score (nSPS) is 31.9. The Balaban J connectivity index is 1.84. The van der Waals surface area contributed by atoms with Crippen LogP contribution >= 0.6 is 0 Å². The molecule has 3 unspecified atom stereocenters. The summed E-state index contributed by atoms with van der Waals surface area (Å²) >= 11 is 0. The van der Waals surface area contributed by atoms with Crippen molar-refractivity contribution in [2.75, 3.05) is 19.7 Å². The Labute approximate surface area is 119 Å². The van der Waals surface area contributed by atoms with E-state index in [-0.39, 0.29) is 24.7 Å². The predicted molar refractivity (Wildman–Crippen MR) is 73.5 cm³/mol. The molecule has 3 atom stereocenters. The van der Waals surface area contributed by atoms with Crippen LogP contribution in [-0.2, 0) is 9.53 Å². The molecule has 114 valence electrons. The number of carboxylic acids is 1. The average Bonchev–Trinajstić information content (AvgIpc) is 2.84. The van der Waals surface area contributed by atoms with Gasteiger partial charge in [0.05, 0.1) is 17.6 Å². The van der Waals surface area contributed by atoms with E-state index >= 15 is 0 Å². The number of likely N-dealkylation sites (tertiary alicyclic amines) is 1. The molecular weight excluding hydrogens is 260 g/mol. The van der Waals surface area contributed by atoms with Gasteiger partial charge in [-0.1, -0.05) is 0 Å². The Morgan fingerprint density at radius 2 is 2.20 bits per heavy atom. The van der Waals surface area contributed by atoms with Gasteiger partial charge < -0.3 is 20.1 Å². The van der Waals surface area contributed by atoms with Crippen molar-refractivity contribution < 1.29 is 19.4 Å². The third kappa shape index (κ3) is 3.23. The van der Waals surface area contributed by atoms with E-state index in [0.29, 0.717) is 13.0 Å². The van der Waals surface area contributed by atoms with Gasteiger partial charge in [-0.25, -0.2) is 4.79 Å². The lowest BCUT2D eigenvalue weighted by Crippen LogP contribution is -2.49. The molecule has 0 aliphatic carbocycles. The maximum Gasteiger partial charge on any atom is 0.317 e. The second kappa shape index (κ2) is 5.99. The number of hydrogen-bond acceptors (Lipinski definition) is 3. The molecule has 0 aromatic rings. The molecule has 2 saturated heterocycles. The molecule has 0 aromatic carbocycles. The van der Waals surface area contributed by atoms with Crippen LogP contribution in [0, 0.1) is 5.41 Å². The zero-order valence-corrected chi connectivity index (χ0v) is 12.2. The highest BCUT2D eigenvalue weighted by atomic mass is 16.5.